The maximum atomic E-state index is 12.9. The number of carbonyl (C=O) groups excluding carboxylic acids is 4. The van der Waals surface area contributed by atoms with Gasteiger partial charge in [0.2, 0.25) is 11.8 Å². The van der Waals surface area contributed by atoms with Crippen LogP contribution in [0.3, 0.4) is 0 Å². The molecule has 0 saturated carbocycles. The van der Waals surface area contributed by atoms with E-state index in [-0.39, 0.29) is 34.8 Å². The molecule has 0 spiro atoms. The molecule has 2 aliphatic rings. The Balaban J connectivity index is 1.40. The lowest BCUT2D eigenvalue weighted by Crippen LogP contribution is -2.30. The van der Waals surface area contributed by atoms with Gasteiger partial charge in [-0.15, -0.1) is 0 Å². The summed E-state index contributed by atoms with van der Waals surface area (Å²) in [5.41, 5.74) is 0.823. The topological polar surface area (TPSA) is 80.8 Å². The summed E-state index contributed by atoms with van der Waals surface area (Å²) in [6, 6.07) is 10.9. The Morgan fingerprint density at radius 1 is 0.867 bits per heavy atom. The molecule has 7 heteroatoms. The Hall–Kier alpha value is -3.61. The Kier molecular flexibility index (Phi) is 5.27. The van der Waals surface area contributed by atoms with Crippen LogP contribution >= 0.6 is 0 Å². The van der Waals surface area contributed by atoms with Crippen LogP contribution < -0.4 is 4.90 Å². The van der Waals surface area contributed by atoms with Gasteiger partial charge in [-0.05, 0) is 61.4 Å². The van der Waals surface area contributed by atoms with Crippen LogP contribution in [0.4, 0.5) is 10.1 Å². The SMILES string of the molecule is O=C(COC(=O)c1ccc(N2C(=O)[C@@H]3CC=CC[C@H]3C2=O)cc1)c1ccc(F)cc1. The standard InChI is InChI=1S/C23H18FNO5/c24-16-9-5-14(6-10-16)20(26)13-30-23(29)15-7-11-17(12-8-15)25-21(27)18-3-1-2-4-19(18)22(25)28/h1-2,5-12,18-19H,3-4,13H2/t18-,19-/m1/s1. The summed E-state index contributed by atoms with van der Waals surface area (Å²) in [7, 11) is 0. The molecule has 0 N–H and O–H groups in total. The number of Topliss-reactive ketones (excluding diaryl/α,β-unsaturated/α-hetero) is 1. The average Bonchev–Trinajstić information content (AvgIpc) is 3.03. The second-order valence-electron chi connectivity index (χ2n) is 7.22. The second kappa shape index (κ2) is 8.02. The largest absolute Gasteiger partial charge is 0.454 e. The maximum Gasteiger partial charge on any atom is 0.338 e. The molecule has 1 aliphatic heterocycles. The fraction of sp³-hybridized carbons (Fsp3) is 0.217. The number of hydrogen-bond acceptors (Lipinski definition) is 5. The number of esters is 1. The summed E-state index contributed by atoms with van der Waals surface area (Å²) in [6.07, 6.45) is 4.95. The number of benzene rings is 2. The summed E-state index contributed by atoms with van der Waals surface area (Å²) in [6.45, 7) is -0.480. The van der Waals surface area contributed by atoms with Crippen LogP contribution in [0, 0.1) is 17.7 Å². The van der Waals surface area contributed by atoms with Crippen LogP contribution in [-0.4, -0.2) is 30.2 Å². The van der Waals surface area contributed by atoms with Gasteiger partial charge in [-0.1, -0.05) is 12.2 Å². The number of fused-ring (bicyclic) bond motifs is 1. The molecule has 1 aliphatic carbocycles. The summed E-state index contributed by atoms with van der Waals surface area (Å²) in [5.74, 6) is -2.74. The highest BCUT2D eigenvalue weighted by Gasteiger charge is 2.47. The number of imide groups is 1. The quantitative estimate of drug-likeness (QED) is 0.329. The second-order valence-corrected chi connectivity index (χ2v) is 7.22. The van der Waals surface area contributed by atoms with E-state index in [0.717, 1.165) is 12.1 Å². The Morgan fingerprint density at radius 3 is 1.97 bits per heavy atom. The highest BCUT2D eigenvalue weighted by Crippen LogP contribution is 2.37. The zero-order valence-electron chi connectivity index (χ0n) is 15.9. The third-order valence-electron chi connectivity index (χ3n) is 5.37. The number of rotatable bonds is 5. The Bertz CT molecular complexity index is 1020. The third-order valence-corrected chi connectivity index (χ3v) is 5.37. The molecule has 1 fully saturated rings. The molecule has 0 bridgehead atoms. The van der Waals surface area contributed by atoms with Gasteiger partial charge in [0.15, 0.2) is 12.4 Å². The first-order valence-corrected chi connectivity index (χ1v) is 9.54. The smallest absolute Gasteiger partial charge is 0.338 e. The number of amides is 2. The van der Waals surface area contributed by atoms with Crippen molar-refractivity contribution in [3.8, 4) is 0 Å². The fourth-order valence-corrected chi connectivity index (χ4v) is 3.73. The van der Waals surface area contributed by atoms with Crippen LogP contribution in [0.25, 0.3) is 0 Å². The van der Waals surface area contributed by atoms with Crippen LogP contribution in [0.2, 0.25) is 0 Å². The van der Waals surface area contributed by atoms with Gasteiger partial charge >= 0.3 is 5.97 Å². The van der Waals surface area contributed by atoms with Gasteiger partial charge in [0, 0.05) is 5.56 Å². The van der Waals surface area contributed by atoms with Gasteiger partial charge in [-0.2, -0.15) is 0 Å². The lowest BCUT2D eigenvalue weighted by molar-refractivity contribution is -0.122. The molecule has 2 aromatic rings. The zero-order chi connectivity index (χ0) is 21.3. The van der Waals surface area contributed by atoms with Crippen LogP contribution in [0.15, 0.2) is 60.7 Å². The molecule has 2 atom stereocenters. The highest BCUT2D eigenvalue weighted by molar-refractivity contribution is 6.22. The molecule has 1 heterocycles. The van der Waals surface area contributed by atoms with Gasteiger partial charge < -0.3 is 4.74 Å². The Morgan fingerprint density at radius 2 is 1.40 bits per heavy atom. The molecule has 4 rings (SSSR count). The number of ether oxygens (including phenoxy) is 1. The maximum absolute atomic E-state index is 12.9. The van der Waals surface area contributed by atoms with Crippen molar-refractivity contribution >= 4 is 29.3 Å². The molecule has 0 radical (unpaired) electrons. The zero-order valence-corrected chi connectivity index (χ0v) is 15.9. The van der Waals surface area contributed by atoms with E-state index in [1.54, 1.807) is 0 Å². The predicted molar refractivity (Wildman–Crippen MR) is 105 cm³/mol. The van der Waals surface area contributed by atoms with Gasteiger partial charge in [-0.25, -0.2) is 9.18 Å². The number of ketones is 1. The normalized spacial score (nSPS) is 20.2. The number of allylic oxidation sites excluding steroid dienone is 2. The van der Waals surface area contributed by atoms with E-state index >= 15 is 0 Å². The van der Waals surface area contributed by atoms with Crippen molar-refractivity contribution in [1.82, 2.24) is 0 Å². The van der Waals surface area contributed by atoms with Crippen molar-refractivity contribution in [3.63, 3.8) is 0 Å². The Labute approximate surface area is 171 Å². The summed E-state index contributed by atoms with van der Waals surface area (Å²) < 4.78 is 17.9. The van der Waals surface area contributed by atoms with Gasteiger partial charge in [0.05, 0.1) is 23.1 Å². The summed E-state index contributed by atoms with van der Waals surface area (Å²) in [4.78, 5) is 50.7. The predicted octanol–water partition coefficient (Wildman–Crippen LogP) is 3.32. The van der Waals surface area contributed by atoms with Crippen LogP contribution in [0.5, 0.6) is 0 Å². The van der Waals surface area contributed by atoms with E-state index in [2.05, 4.69) is 0 Å². The molecule has 30 heavy (non-hydrogen) atoms. The molecule has 2 aromatic carbocycles. The lowest BCUT2D eigenvalue weighted by atomic mass is 9.85. The number of carbonyl (C=O) groups is 4. The molecular weight excluding hydrogens is 389 g/mol. The number of hydrogen-bond donors (Lipinski definition) is 0. The number of nitrogens with zero attached hydrogens (tertiary/aromatic N) is 1. The van der Waals surface area contributed by atoms with Crippen molar-refractivity contribution in [2.24, 2.45) is 11.8 Å². The molecule has 152 valence electrons. The number of anilines is 1. The van der Waals surface area contributed by atoms with Crippen LogP contribution in [0.1, 0.15) is 33.6 Å². The van der Waals surface area contributed by atoms with Gasteiger partial charge in [-0.3, -0.25) is 19.3 Å². The van der Waals surface area contributed by atoms with E-state index in [9.17, 15) is 23.6 Å². The van der Waals surface area contributed by atoms with Crippen molar-refractivity contribution in [2.75, 3.05) is 11.5 Å². The molecule has 2 amide bonds. The minimum Gasteiger partial charge on any atom is -0.454 e. The van der Waals surface area contributed by atoms with E-state index in [1.165, 1.54) is 41.3 Å². The highest BCUT2D eigenvalue weighted by atomic mass is 19.1. The van der Waals surface area contributed by atoms with E-state index in [0.29, 0.717) is 18.5 Å². The van der Waals surface area contributed by atoms with E-state index in [1.807, 2.05) is 12.2 Å². The average molecular weight is 407 g/mol. The molecule has 6 nitrogen and oxygen atoms in total. The molecule has 0 unspecified atom stereocenters. The van der Waals surface area contributed by atoms with Gasteiger partial charge in [0.25, 0.3) is 0 Å². The lowest BCUT2D eigenvalue weighted by Gasteiger charge is -2.15. The monoisotopic (exact) mass is 407 g/mol. The minimum atomic E-state index is -0.714. The molecule has 1 saturated heterocycles. The van der Waals surface area contributed by atoms with E-state index < -0.39 is 24.2 Å². The first-order valence-electron chi connectivity index (χ1n) is 9.54. The first kappa shape index (κ1) is 19.7. The van der Waals surface area contributed by atoms with E-state index in [4.69, 9.17) is 4.74 Å². The fourth-order valence-electron chi connectivity index (χ4n) is 3.73. The summed E-state index contributed by atoms with van der Waals surface area (Å²) >= 11 is 0. The minimum absolute atomic E-state index is 0.184. The molecular formula is C23H18FNO5. The van der Waals surface area contributed by atoms with Crippen molar-refractivity contribution < 1.29 is 28.3 Å². The summed E-state index contributed by atoms with van der Waals surface area (Å²) in [5, 5.41) is 0. The van der Waals surface area contributed by atoms with Crippen LogP contribution in [-0.2, 0) is 14.3 Å². The van der Waals surface area contributed by atoms with Crippen molar-refractivity contribution in [2.45, 2.75) is 12.8 Å². The third kappa shape index (κ3) is 3.66. The first-order chi connectivity index (χ1) is 14.5. The van der Waals surface area contributed by atoms with Crippen molar-refractivity contribution in [1.29, 1.82) is 0 Å². The van der Waals surface area contributed by atoms with Crippen molar-refractivity contribution in [3.05, 3.63) is 77.6 Å². The van der Waals surface area contributed by atoms with Gasteiger partial charge in [0.1, 0.15) is 5.82 Å². The molecule has 0 aromatic heterocycles. The number of halogens is 1.